The van der Waals surface area contributed by atoms with Crippen LogP contribution in [0.5, 0.6) is 0 Å². The number of ether oxygens (including phenoxy) is 2. The predicted molar refractivity (Wildman–Crippen MR) is 68.4 cm³/mol. The molecule has 0 bridgehead atoms. The SMILES string of the molecule is CC1(CNC(=O)COC2(C)CNC2)CCOCC1. The van der Waals surface area contributed by atoms with Crippen LogP contribution >= 0.6 is 0 Å². The van der Waals surface area contributed by atoms with Gasteiger partial charge < -0.3 is 20.1 Å². The van der Waals surface area contributed by atoms with Crippen LogP contribution in [0, 0.1) is 5.41 Å². The van der Waals surface area contributed by atoms with Crippen molar-refractivity contribution in [1.82, 2.24) is 10.6 Å². The maximum atomic E-state index is 11.7. The third-order valence-corrected chi connectivity index (χ3v) is 3.96. The Bertz CT molecular complexity index is 297. The number of nitrogens with one attached hydrogen (secondary N) is 2. The van der Waals surface area contributed by atoms with Gasteiger partial charge in [-0.3, -0.25) is 4.79 Å². The first-order chi connectivity index (χ1) is 8.52. The molecule has 2 aliphatic heterocycles. The first kappa shape index (κ1) is 13.8. The molecule has 0 aliphatic carbocycles. The maximum absolute atomic E-state index is 11.7. The van der Waals surface area contributed by atoms with Crippen LogP contribution in [0.25, 0.3) is 0 Å². The van der Waals surface area contributed by atoms with Crippen molar-refractivity contribution in [3.8, 4) is 0 Å². The lowest BCUT2D eigenvalue weighted by atomic mass is 9.82. The minimum Gasteiger partial charge on any atom is -0.381 e. The molecule has 2 saturated heterocycles. The lowest BCUT2D eigenvalue weighted by Crippen LogP contribution is -2.59. The Kier molecular flexibility index (Phi) is 4.25. The molecule has 5 heteroatoms. The molecular formula is C13H24N2O3. The highest BCUT2D eigenvalue weighted by molar-refractivity contribution is 5.77. The van der Waals surface area contributed by atoms with Gasteiger partial charge in [0.1, 0.15) is 6.61 Å². The summed E-state index contributed by atoms with van der Waals surface area (Å²) in [5.74, 6) is -0.0177. The summed E-state index contributed by atoms with van der Waals surface area (Å²) in [5.41, 5.74) is 0.0236. The standard InChI is InChI=1S/C13H24N2O3/c1-12(3-5-17-6-4-12)8-15-11(16)7-18-13(2)9-14-10-13/h14H,3-10H2,1-2H3,(H,15,16). The summed E-state index contributed by atoms with van der Waals surface area (Å²) >= 11 is 0. The first-order valence-electron chi connectivity index (χ1n) is 6.71. The summed E-state index contributed by atoms with van der Waals surface area (Å²) in [6.45, 7) is 8.35. The molecule has 104 valence electrons. The lowest BCUT2D eigenvalue weighted by molar-refractivity contribution is -0.136. The molecule has 2 rings (SSSR count). The van der Waals surface area contributed by atoms with Gasteiger partial charge in [0, 0.05) is 32.8 Å². The van der Waals surface area contributed by atoms with E-state index in [4.69, 9.17) is 9.47 Å². The second kappa shape index (κ2) is 5.55. The van der Waals surface area contributed by atoms with E-state index in [1.165, 1.54) is 0 Å². The Labute approximate surface area is 109 Å². The molecule has 2 aliphatic rings. The second-order valence-electron chi connectivity index (χ2n) is 6.04. The summed E-state index contributed by atoms with van der Waals surface area (Å²) in [7, 11) is 0. The molecule has 0 aromatic rings. The van der Waals surface area contributed by atoms with Gasteiger partial charge in [0.15, 0.2) is 0 Å². The van der Waals surface area contributed by atoms with Gasteiger partial charge in [-0.05, 0) is 25.2 Å². The number of carbonyl (C=O) groups excluding carboxylic acids is 1. The zero-order valence-electron chi connectivity index (χ0n) is 11.4. The van der Waals surface area contributed by atoms with Crippen LogP contribution in [0.3, 0.4) is 0 Å². The van der Waals surface area contributed by atoms with E-state index >= 15 is 0 Å². The molecule has 18 heavy (non-hydrogen) atoms. The number of rotatable bonds is 5. The van der Waals surface area contributed by atoms with Crippen LogP contribution in [-0.2, 0) is 14.3 Å². The van der Waals surface area contributed by atoms with E-state index in [1.807, 2.05) is 6.92 Å². The van der Waals surface area contributed by atoms with E-state index in [1.54, 1.807) is 0 Å². The van der Waals surface area contributed by atoms with Gasteiger partial charge in [-0.15, -0.1) is 0 Å². The average molecular weight is 256 g/mol. The van der Waals surface area contributed by atoms with Gasteiger partial charge in [-0.1, -0.05) is 6.92 Å². The molecule has 5 nitrogen and oxygen atoms in total. The van der Waals surface area contributed by atoms with Crippen molar-refractivity contribution in [2.45, 2.75) is 32.3 Å². The zero-order valence-corrected chi connectivity index (χ0v) is 11.4. The molecule has 1 amide bonds. The van der Waals surface area contributed by atoms with Crippen LogP contribution in [-0.4, -0.2) is 51.0 Å². The molecular weight excluding hydrogens is 232 g/mol. The molecule has 2 heterocycles. The van der Waals surface area contributed by atoms with Crippen LogP contribution in [0.2, 0.25) is 0 Å². The Hall–Kier alpha value is -0.650. The highest BCUT2D eigenvalue weighted by Crippen LogP contribution is 2.28. The van der Waals surface area contributed by atoms with Gasteiger partial charge in [-0.2, -0.15) is 0 Å². The minimum atomic E-state index is -0.153. The summed E-state index contributed by atoms with van der Waals surface area (Å²) < 4.78 is 10.9. The van der Waals surface area contributed by atoms with E-state index in [2.05, 4.69) is 17.6 Å². The fourth-order valence-corrected chi connectivity index (χ4v) is 2.22. The van der Waals surface area contributed by atoms with Crippen LogP contribution < -0.4 is 10.6 Å². The second-order valence-corrected chi connectivity index (χ2v) is 6.04. The minimum absolute atomic E-state index is 0.0177. The van der Waals surface area contributed by atoms with E-state index in [9.17, 15) is 4.79 Å². The van der Waals surface area contributed by atoms with Crippen molar-refractivity contribution in [2.24, 2.45) is 5.41 Å². The maximum Gasteiger partial charge on any atom is 0.246 e. The molecule has 0 saturated carbocycles. The van der Waals surface area contributed by atoms with Gasteiger partial charge in [0.25, 0.3) is 0 Å². The molecule has 0 atom stereocenters. The monoisotopic (exact) mass is 256 g/mol. The van der Waals surface area contributed by atoms with Crippen molar-refractivity contribution in [1.29, 1.82) is 0 Å². The van der Waals surface area contributed by atoms with Gasteiger partial charge >= 0.3 is 0 Å². The van der Waals surface area contributed by atoms with Crippen molar-refractivity contribution in [3.63, 3.8) is 0 Å². The number of carbonyl (C=O) groups is 1. The van der Waals surface area contributed by atoms with Crippen molar-refractivity contribution in [3.05, 3.63) is 0 Å². The molecule has 2 N–H and O–H groups in total. The molecule has 2 fully saturated rings. The predicted octanol–water partition coefficient (Wildman–Crippen LogP) is 0.298. The molecule has 0 spiro atoms. The highest BCUT2D eigenvalue weighted by Gasteiger charge is 2.33. The van der Waals surface area contributed by atoms with E-state index in [0.717, 1.165) is 39.1 Å². The molecule has 0 radical (unpaired) electrons. The van der Waals surface area contributed by atoms with E-state index < -0.39 is 0 Å². The van der Waals surface area contributed by atoms with Crippen molar-refractivity contribution >= 4 is 5.91 Å². The topological polar surface area (TPSA) is 59.6 Å². The third kappa shape index (κ3) is 3.67. The van der Waals surface area contributed by atoms with Crippen LogP contribution in [0.4, 0.5) is 0 Å². The number of hydrogen-bond donors (Lipinski definition) is 2. The summed E-state index contributed by atoms with van der Waals surface area (Å²) in [6, 6.07) is 0. The normalized spacial score (nSPS) is 25.2. The van der Waals surface area contributed by atoms with Crippen LogP contribution in [0.15, 0.2) is 0 Å². The Balaban J connectivity index is 1.64. The Morgan fingerprint density at radius 3 is 2.56 bits per heavy atom. The zero-order chi connectivity index (χ0) is 13.1. The van der Waals surface area contributed by atoms with Crippen LogP contribution in [0.1, 0.15) is 26.7 Å². The van der Waals surface area contributed by atoms with Gasteiger partial charge in [0.2, 0.25) is 5.91 Å². The smallest absolute Gasteiger partial charge is 0.246 e. The first-order valence-corrected chi connectivity index (χ1v) is 6.71. The van der Waals surface area contributed by atoms with E-state index in [-0.39, 0.29) is 23.5 Å². The number of amides is 1. The van der Waals surface area contributed by atoms with Gasteiger partial charge in [-0.25, -0.2) is 0 Å². The molecule has 0 unspecified atom stereocenters. The highest BCUT2D eigenvalue weighted by atomic mass is 16.5. The summed E-state index contributed by atoms with van der Waals surface area (Å²) in [5, 5.41) is 6.12. The van der Waals surface area contributed by atoms with Crippen molar-refractivity contribution in [2.75, 3.05) is 39.5 Å². The number of hydrogen-bond acceptors (Lipinski definition) is 4. The fourth-order valence-electron chi connectivity index (χ4n) is 2.22. The van der Waals surface area contributed by atoms with E-state index in [0.29, 0.717) is 6.54 Å². The average Bonchev–Trinajstić information content (AvgIpc) is 2.32. The van der Waals surface area contributed by atoms with Gasteiger partial charge in [0.05, 0.1) is 5.60 Å². The summed E-state index contributed by atoms with van der Waals surface area (Å²) in [4.78, 5) is 11.7. The molecule has 0 aromatic heterocycles. The largest absolute Gasteiger partial charge is 0.381 e. The summed E-state index contributed by atoms with van der Waals surface area (Å²) in [6.07, 6.45) is 2.02. The fraction of sp³-hybridized carbons (Fsp3) is 0.923. The quantitative estimate of drug-likeness (QED) is 0.742. The lowest BCUT2D eigenvalue weighted by Gasteiger charge is -2.39. The molecule has 0 aromatic carbocycles. The Morgan fingerprint density at radius 1 is 1.33 bits per heavy atom. The van der Waals surface area contributed by atoms with Crippen molar-refractivity contribution < 1.29 is 14.3 Å². The Morgan fingerprint density at radius 2 is 2.00 bits per heavy atom. The third-order valence-electron chi connectivity index (χ3n) is 3.96.